The highest BCUT2D eigenvalue weighted by atomic mass is 35.5. The van der Waals surface area contributed by atoms with Crippen LogP contribution in [0.1, 0.15) is 18.4 Å². The molecule has 5 nitrogen and oxygen atoms in total. The summed E-state index contributed by atoms with van der Waals surface area (Å²) in [6.07, 6.45) is 1.86. The fraction of sp³-hybridized carbons (Fsp3) is 0.222. The number of halogens is 1. The molecule has 0 saturated carbocycles. The number of hydrogen-bond acceptors (Lipinski definition) is 3. The number of hydrogen-bond donors (Lipinski definition) is 1. The molecule has 1 amide bonds. The minimum Gasteiger partial charge on any atom is -0.408 e. The van der Waals surface area contributed by atoms with Gasteiger partial charge in [-0.2, -0.15) is 0 Å². The van der Waals surface area contributed by atoms with Gasteiger partial charge in [0.15, 0.2) is 5.58 Å². The Labute approximate surface area is 143 Å². The van der Waals surface area contributed by atoms with E-state index in [1.165, 1.54) is 4.57 Å². The van der Waals surface area contributed by atoms with Crippen LogP contribution in [0.4, 0.5) is 5.69 Å². The number of aromatic nitrogens is 1. The van der Waals surface area contributed by atoms with Gasteiger partial charge in [0.05, 0.1) is 5.52 Å². The number of oxazole rings is 1. The van der Waals surface area contributed by atoms with Gasteiger partial charge < -0.3 is 9.73 Å². The molecule has 0 bridgehead atoms. The molecule has 0 saturated heterocycles. The Hall–Kier alpha value is -2.53. The zero-order chi connectivity index (χ0) is 17.1. The summed E-state index contributed by atoms with van der Waals surface area (Å²) < 4.78 is 6.47. The molecule has 24 heavy (non-hydrogen) atoms. The Kier molecular flexibility index (Phi) is 4.71. The molecule has 3 rings (SSSR count). The summed E-state index contributed by atoms with van der Waals surface area (Å²) in [7, 11) is 1.63. The van der Waals surface area contributed by atoms with Crippen molar-refractivity contribution in [2.45, 2.75) is 19.3 Å². The van der Waals surface area contributed by atoms with Crippen molar-refractivity contribution in [3.63, 3.8) is 0 Å². The average Bonchev–Trinajstić information content (AvgIpc) is 2.84. The van der Waals surface area contributed by atoms with E-state index >= 15 is 0 Å². The van der Waals surface area contributed by atoms with Crippen LogP contribution in [0.15, 0.2) is 51.7 Å². The molecule has 0 radical (unpaired) electrons. The molecule has 2 aromatic carbocycles. The van der Waals surface area contributed by atoms with Crippen molar-refractivity contribution in [3.8, 4) is 0 Å². The van der Waals surface area contributed by atoms with E-state index in [1.54, 1.807) is 25.2 Å². The van der Waals surface area contributed by atoms with Gasteiger partial charge in [0, 0.05) is 24.2 Å². The normalized spacial score (nSPS) is 10.9. The minimum atomic E-state index is -0.423. The van der Waals surface area contributed by atoms with E-state index in [4.69, 9.17) is 16.0 Å². The Morgan fingerprint density at radius 2 is 2.04 bits per heavy atom. The van der Waals surface area contributed by atoms with E-state index in [0.29, 0.717) is 29.6 Å². The van der Waals surface area contributed by atoms with Gasteiger partial charge in [-0.15, -0.1) is 0 Å². The summed E-state index contributed by atoms with van der Waals surface area (Å²) in [5.41, 5.74) is 2.83. The molecule has 1 N–H and O–H groups in total. The standard InChI is InChI=1S/C18H17ClN2O3/c1-21-15-11-13(9-10-16(15)24-18(21)23)20-17(22)8-4-6-12-5-2-3-7-14(12)19/h2-3,5,7,9-11H,4,6,8H2,1H3,(H,20,22). The van der Waals surface area contributed by atoms with Crippen molar-refractivity contribution in [1.82, 2.24) is 4.57 Å². The first-order valence-corrected chi connectivity index (χ1v) is 8.05. The Bertz CT molecular complexity index is 943. The molecule has 3 aromatic rings. The van der Waals surface area contributed by atoms with Crippen LogP contribution >= 0.6 is 11.6 Å². The van der Waals surface area contributed by atoms with Crippen LogP contribution in [-0.2, 0) is 18.3 Å². The Balaban J connectivity index is 1.60. The van der Waals surface area contributed by atoms with Crippen LogP contribution in [0.5, 0.6) is 0 Å². The van der Waals surface area contributed by atoms with E-state index in [-0.39, 0.29) is 5.91 Å². The third-order valence-electron chi connectivity index (χ3n) is 3.88. The lowest BCUT2D eigenvalue weighted by molar-refractivity contribution is -0.116. The molecule has 0 aliphatic rings. The summed E-state index contributed by atoms with van der Waals surface area (Å²) in [4.78, 5) is 23.6. The van der Waals surface area contributed by atoms with Crippen molar-refractivity contribution >= 4 is 34.3 Å². The maximum absolute atomic E-state index is 12.1. The number of rotatable bonds is 5. The number of aryl methyl sites for hydroxylation is 2. The summed E-state index contributed by atoms with van der Waals surface area (Å²) >= 11 is 6.10. The molecule has 0 aliphatic heterocycles. The van der Waals surface area contributed by atoms with Crippen molar-refractivity contribution in [3.05, 3.63) is 63.6 Å². The fourth-order valence-electron chi connectivity index (χ4n) is 2.57. The van der Waals surface area contributed by atoms with Crippen LogP contribution in [-0.4, -0.2) is 10.5 Å². The summed E-state index contributed by atoms with van der Waals surface area (Å²) in [5, 5.41) is 3.57. The van der Waals surface area contributed by atoms with Crippen molar-refractivity contribution in [2.24, 2.45) is 7.05 Å². The number of carbonyl (C=O) groups excluding carboxylic acids is 1. The topological polar surface area (TPSA) is 64.2 Å². The molecule has 6 heteroatoms. The summed E-state index contributed by atoms with van der Waals surface area (Å²) in [6.45, 7) is 0. The quantitative estimate of drug-likeness (QED) is 0.766. The first-order chi connectivity index (χ1) is 11.5. The van der Waals surface area contributed by atoms with E-state index in [1.807, 2.05) is 24.3 Å². The number of benzene rings is 2. The highest BCUT2D eigenvalue weighted by Crippen LogP contribution is 2.19. The number of fused-ring (bicyclic) bond motifs is 1. The second kappa shape index (κ2) is 6.93. The maximum Gasteiger partial charge on any atom is 0.419 e. The van der Waals surface area contributed by atoms with Crippen molar-refractivity contribution in [1.29, 1.82) is 0 Å². The molecule has 0 spiro atoms. The first-order valence-electron chi connectivity index (χ1n) is 7.67. The molecular formula is C18H17ClN2O3. The number of amides is 1. The van der Waals surface area contributed by atoms with Gasteiger partial charge in [-0.25, -0.2) is 4.79 Å². The highest BCUT2D eigenvalue weighted by molar-refractivity contribution is 6.31. The molecule has 1 aromatic heterocycles. The summed E-state index contributed by atoms with van der Waals surface area (Å²) in [5.74, 6) is -0.497. The zero-order valence-electron chi connectivity index (χ0n) is 13.2. The van der Waals surface area contributed by atoms with Gasteiger partial charge in [-0.3, -0.25) is 9.36 Å². The van der Waals surface area contributed by atoms with E-state index in [2.05, 4.69) is 5.32 Å². The monoisotopic (exact) mass is 344 g/mol. The van der Waals surface area contributed by atoms with Crippen LogP contribution in [0.2, 0.25) is 5.02 Å². The summed E-state index contributed by atoms with van der Waals surface area (Å²) in [6, 6.07) is 12.8. The lowest BCUT2D eigenvalue weighted by Gasteiger charge is -2.06. The number of nitrogens with one attached hydrogen (secondary N) is 1. The van der Waals surface area contributed by atoms with Gasteiger partial charge >= 0.3 is 5.76 Å². The SMILES string of the molecule is Cn1c(=O)oc2ccc(NC(=O)CCCc3ccccc3Cl)cc21. The molecule has 0 fully saturated rings. The lowest BCUT2D eigenvalue weighted by Crippen LogP contribution is -2.12. The van der Waals surface area contributed by atoms with Gasteiger partial charge in [0.25, 0.3) is 0 Å². The highest BCUT2D eigenvalue weighted by Gasteiger charge is 2.09. The number of carbonyl (C=O) groups is 1. The van der Waals surface area contributed by atoms with Crippen LogP contribution < -0.4 is 11.1 Å². The third-order valence-corrected chi connectivity index (χ3v) is 4.25. The smallest absolute Gasteiger partial charge is 0.408 e. The maximum atomic E-state index is 12.1. The zero-order valence-corrected chi connectivity index (χ0v) is 14.0. The lowest BCUT2D eigenvalue weighted by atomic mass is 10.1. The largest absolute Gasteiger partial charge is 0.419 e. The van der Waals surface area contributed by atoms with Gasteiger partial charge in [-0.1, -0.05) is 29.8 Å². The number of nitrogens with zero attached hydrogens (tertiary/aromatic N) is 1. The minimum absolute atomic E-state index is 0.0742. The van der Waals surface area contributed by atoms with Crippen molar-refractivity contribution < 1.29 is 9.21 Å². The van der Waals surface area contributed by atoms with Crippen LogP contribution in [0.25, 0.3) is 11.1 Å². The fourth-order valence-corrected chi connectivity index (χ4v) is 2.80. The molecule has 124 valence electrons. The van der Waals surface area contributed by atoms with Gasteiger partial charge in [0.1, 0.15) is 0 Å². The van der Waals surface area contributed by atoms with Crippen LogP contribution in [0.3, 0.4) is 0 Å². The van der Waals surface area contributed by atoms with Gasteiger partial charge in [-0.05, 0) is 42.7 Å². The second-order valence-corrected chi connectivity index (χ2v) is 6.01. The molecular weight excluding hydrogens is 328 g/mol. The predicted molar refractivity (Wildman–Crippen MR) is 94.5 cm³/mol. The molecule has 0 atom stereocenters. The average molecular weight is 345 g/mol. The van der Waals surface area contributed by atoms with E-state index in [0.717, 1.165) is 17.0 Å². The molecule has 0 aliphatic carbocycles. The second-order valence-electron chi connectivity index (χ2n) is 5.60. The Morgan fingerprint density at radius 1 is 1.25 bits per heavy atom. The van der Waals surface area contributed by atoms with E-state index < -0.39 is 5.76 Å². The van der Waals surface area contributed by atoms with Crippen molar-refractivity contribution in [2.75, 3.05) is 5.32 Å². The predicted octanol–water partition coefficient (Wildman–Crippen LogP) is 3.75. The van der Waals surface area contributed by atoms with Crippen LogP contribution in [0, 0.1) is 0 Å². The number of anilines is 1. The molecule has 0 unspecified atom stereocenters. The Morgan fingerprint density at radius 3 is 2.83 bits per heavy atom. The first kappa shape index (κ1) is 16.3. The molecule has 1 heterocycles. The van der Waals surface area contributed by atoms with E-state index in [9.17, 15) is 9.59 Å². The van der Waals surface area contributed by atoms with Gasteiger partial charge in [0.2, 0.25) is 5.91 Å². The third kappa shape index (κ3) is 3.51.